The van der Waals surface area contributed by atoms with Gasteiger partial charge in [0.05, 0.1) is 6.54 Å². The maximum Gasteiger partial charge on any atom is 0.241 e. The van der Waals surface area contributed by atoms with E-state index in [0.29, 0.717) is 18.3 Å². The number of rotatable bonds is 5. The van der Waals surface area contributed by atoms with Gasteiger partial charge in [0.15, 0.2) is 0 Å². The number of nitrogens with zero attached hydrogens (tertiary/aromatic N) is 3. The zero-order chi connectivity index (χ0) is 20.2. The third kappa shape index (κ3) is 4.92. The third-order valence-electron chi connectivity index (χ3n) is 5.26. The molecule has 1 aliphatic heterocycles. The molecule has 1 saturated heterocycles. The van der Waals surface area contributed by atoms with Crippen LogP contribution < -0.4 is 5.32 Å². The highest BCUT2D eigenvalue weighted by atomic mass is 79.9. The second-order valence-electron chi connectivity index (χ2n) is 7.38. The predicted molar refractivity (Wildman–Crippen MR) is 115 cm³/mol. The van der Waals surface area contributed by atoms with Crippen LogP contribution in [0.4, 0.5) is 5.69 Å². The number of halogens is 1. The molecule has 1 N–H and O–H groups in total. The smallest absolute Gasteiger partial charge is 0.241 e. The van der Waals surface area contributed by atoms with E-state index in [-0.39, 0.29) is 11.8 Å². The van der Waals surface area contributed by atoms with Crippen molar-refractivity contribution >= 4 is 27.5 Å². The van der Waals surface area contributed by atoms with Gasteiger partial charge in [0.2, 0.25) is 17.6 Å². The quantitative estimate of drug-likeness (QED) is 0.606. The van der Waals surface area contributed by atoms with E-state index >= 15 is 0 Å². The molecule has 4 rings (SSSR count). The summed E-state index contributed by atoms with van der Waals surface area (Å²) in [6.07, 6.45) is 1.64. The second-order valence-corrected chi connectivity index (χ2v) is 8.29. The Hall–Kier alpha value is -2.51. The van der Waals surface area contributed by atoms with E-state index in [4.69, 9.17) is 4.52 Å². The van der Waals surface area contributed by atoms with Crippen LogP contribution in [0.1, 0.15) is 24.3 Å². The number of anilines is 1. The largest absolute Gasteiger partial charge is 0.338 e. The van der Waals surface area contributed by atoms with Crippen LogP contribution in [0.25, 0.3) is 11.4 Å². The minimum absolute atomic E-state index is 0.0236. The number of nitrogens with one attached hydrogen (secondary N) is 1. The highest BCUT2D eigenvalue weighted by Gasteiger charge is 2.26. The Morgan fingerprint density at radius 1 is 1.21 bits per heavy atom. The van der Waals surface area contributed by atoms with Crippen LogP contribution in [0.2, 0.25) is 0 Å². The number of benzene rings is 2. The van der Waals surface area contributed by atoms with Gasteiger partial charge in [-0.3, -0.25) is 9.69 Å². The number of carbonyl (C=O) groups excluding carboxylic acids is 1. The van der Waals surface area contributed by atoms with Crippen molar-refractivity contribution in [3.63, 3.8) is 0 Å². The Morgan fingerprint density at radius 3 is 2.76 bits per heavy atom. The molecule has 0 spiro atoms. The van der Waals surface area contributed by atoms with Crippen molar-refractivity contribution in [2.75, 3.05) is 18.4 Å². The fourth-order valence-electron chi connectivity index (χ4n) is 3.61. The summed E-state index contributed by atoms with van der Waals surface area (Å²) in [7, 11) is 0. The molecule has 29 heavy (non-hydrogen) atoms. The molecule has 0 unspecified atom stereocenters. The molecule has 1 amide bonds. The molecule has 2 aromatic carbocycles. The van der Waals surface area contributed by atoms with E-state index in [2.05, 4.69) is 36.3 Å². The minimum Gasteiger partial charge on any atom is -0.338 e. The first-order chi connectivity index (χ1) is 14.1. The highest BCUT2D eigenvalue weighted by Crippen LogP contribution is 2.24. The normalized spacial score (nSPS) is 15.4. The molecule has 2 heterocycles. The monoisotopic (exact) mass is 454 g/mol. The summed E-state index contributed by atoms with van der Waals surface area (Å²) in [5, 5.41) is 7.14. The maximum absolute atomic E-state index is 12.6. The number of amides is 1. The third-order valence-corrected chi connectivity index (χ3v) is 5.76. The van der Waals surface area contributed by atoms with Gasteiger partial charge in [0.1, 0.15) is 0 Å². The van der Waals surface area contributed by atoms with Gasteiger partial charge in [-0.2, -0.15) is 4.98 Å². The standard InChI is InChI=1S/C22H23BrN4O2/c1-15-5-2-3-8-19(15)21-25-20(29-26-21)14-27-11-9-16(10-12-27)22(28)24-18-7-4-6-17(23)13-18/h2-8,13,16H,9-12,14H2,1H3,(H,24,28). The SMILES string of the molecule is Cc1ccccc1-c1noc(CN2CCC(C(=O)Nc3cccc(Br)c3)CC2)n1. The van der Waals surface area contributed by atoms with Crippen molar-refractivity contribution in [3.05, 3.63) is 64.5 Å². The molecule has 0 saturated carbocycles. The summed E-state index contributed by atoms with van der Waals surface area (Å²) in [5.41, 5.74) is 2.93. The highest BCUT2D eigenvalue weighted by molar-refractivity contribution is 9.10. The summed E-state index contributed by atoms with van der Waals surface area (Å²) in [6.45, 7) is 4.31. The van der Waals surface area contributed by atoms with Crippen LogP contribution in [0.3, 0.4) is 0 Å². The lowest BCUT2D eigenvalue weighted by molar-refractivity contribution is -0.121. The summed E-state index contributed by atoms with van der Waals surface area (Å²) in [5.74, 6) is 1.35. The predicted octanol–water partition coefficient (Wildman–Crippen LogP) is 4.66. The maximum atomic E-state index is 12.6. The van der Waals surface area contributed by atoms with Crippen LogP contribution in [0.15, 0.2) is 57.5 Å². The van der Waals surface area contributed by atoms with Gasteiger partial charge in [-0.1, -0.05) is 51.4 Å². The van der Waals surface area contributed by atoms with Crippen molar-refractivity contribution in [1.82, 2.24) is 15.0 Å². The molecule has 1 aliphatic rings. The number of likely N-dealkylation sites (tertiary alicyclic amines) is 1. The lowest BCUT2D eigenvalue weighted by atomic mass is 9.96. The Kier molecular flexibility index (Phi) is 6.06. The number of hydrogen-bond donors (Lipinski definition) is 1. The van der Waals surface area contributed by atoms with E-state index in [1.807, 2.05) is 55.5 Å². The van der Waals surface area contributed by atoms with Gasteiger partial charge in [0.25, 0.3) is 0 Å². The van der Waals surface area contributed by atoms with Crippen molar-refractivity contribution in [2.24, 2.45) is 5.92 Å². The van der Waals surface area contributed by atoms with Gasteiger partial charge in [-0.25, -0.2) is 0 Å². The molecule has 7 heteroatoms. The van der Waals surface area contributed by atoms with Crippen LogP contribution in [-0.4, -0.2) is 34.0 Å². The van der Waals surface area contributed by atoms with E-state index < -0.39 is 0 Å². The molecular formula is C22H23BrN4O2. The molecule has 1 fully saturated rings. The summed E-state index contributed by atoms with van der Waals surface area (Å²) in [4.78, 5) is 19.4. The molecule has 1 aromatic heterocycles. The van der Waals surface area contributed by atoms with E-state index in [9.17, 15) is 4.79 Å². The van der Waals surface area contributed by atoms with Crippen LogP contribution in [0, 0.1) is 12.8 Å². The van der Waals surface area contributed by atoms with Gasteiger partial charge in [0, 0.05) is 21.6 Å². The number of carbonyl (C=O) groups is 1. The molecule has 0 atom stereocenters. The summed E-state index contributed by atoms with van der Waals surface area (Å²) < 4.78 is 6.41. The second kappa shape index (κ2) is 8.88. The van der Waals surface area contributed by atoms with Crippen LogP contribution in [0.5, 0.6) is 0 Å². The van der Waals surface area contributed by atoms with Crippen molar-refractivity contribution in [2.45, 2.75) is 26.3 Å². The van der Waals surface area contributed by atoms with Gasteiger partial charge < -0.3 is 9.84 Å². The van der Waals surface area contributed by atoms with Crippen molar-refractivity contribution in [1.29, 1.82) is 0 Å². The zero-order valence-corrected chi connectivity index (χ0v) is 17.9. The number of piperidine rings is 1. The Bertz CT molecular complexity index is 996. The first-order valence-corrected chi connectivity index (χ1v) is 10.5. The molecule has 0 aliphatic carbocycles. The summed E-state index contributed by atoms with van der Waals surface area (Å²) in [6, 6.07) is 15.7. The Labute approximate surface area is 178 Å². The molecule has 150 valence electrons. The fourth-order valence-corrected chi connectivity index (χ4v) is 4.01. The Balaban J connectivity index is 1.30. The zero-order valence-electron chi connectivity index (χ0n) is 16.3. The molecular weight excluding hydrogens is 432 g/mol. The first-order valence-electron chi connectivity index (χ1n) is 9.76. The molecule has 6 nitrogen and oxygen atoms in total. The van der Waals surface area contributed by atoms with E-state index in [0.717, 1.165) is 47.2 Å². The first kappa shape index (κ1) is 19.8. The Morgan fingerprint density at radius 2 is 2.00 bits per heavy atom. The minimum atomic E-state index is 0.0236. The lowest BCUT2D eigenvalue weighted by Crippen LogP contribution is -2.37. The van der Waals surface area contributed by atoms with Crippen LogP contribution >= 0.6 is 15.9 Å². The van der Waals surface area contributed by atoms with Crippen molar-refractivity contribution < 1.29 is 9.32 Å². The van der Waals surface area contributed by atoms with Gasteiger partial charge in [-0.15, -0.1) is 0 Å². The average molecular weight is 455 g/mol. The van der Waals surface area contributed by atoms with E-state index in [1.54, 1.807) is 0 Å². The number of hydrogen-bond acceptors (Lipinski definition) is 5. The van der Waals surface area contributed by atoms with Crippen LogP contribution in [-0.2, 0) is 11.3 Å². The van der Waals surface area contributed by atoms with E-state index in [1.165, 1.54) is 0 Å². The fraction of sp³-hybridized carbons (Fsp3) is 0.318. The molecule has 3 aromatic rings. The lowest BCUT2D eigenvalue weighted by Gasteiger charge is -2.30. The topological polar surface area (TPSA) is 71.3 Å². The van der Waals surface area contributed by atoms with Gasteiger partial charge >= 0.3 is 0 Å². The average Bonchev–Trinajstić information content (AvgIpc) is 3.17. The summed E-state index contributed by atoms with van der Waals surface area (Å²) >= 11 is 3.43. The molecule has 0 bridgehead atoms. The number of aromatic nitrogens is 2. The van der Waals surface area contributed by atoms with Crippen molar-refractivity contribution in [3.8, 4) is 11.4 Å². The molecule has 0 radical (unpaired) electrons. The number of aryl methyl sites for hydroxylation is 1. The van der Waals surface area contributed by atoms with Gasteiger partial charge in [-0.05, 0) is 56.6 Å².